The Labute approximate surface area is 114 Å². The molecule has 6 heteroatoms. The van der Waals surface area contributed by atoms with Gasteiger partial charge in [0.2, 0.25) is 0 Å². The Morgan fingerprint density at radius 1 is 1.37 bits per heavy atom. The molecule has 19 heavy (non-hydrogen) atoms. The first kappa shape index (κ1) is 15.8. The summed E-state index contributed by atoms with van der Waals surface area (Å²) in [4.78, 5) is 26.8. The lowest BCUT2D eigenvalue weighted by atomic mass is 10.0. The minimum Gasteiger partial charge on any atom is -0.481 e. The number of hydrogen-bond donors (Lipinski definition) is 1. The predicted octanol–water partition coefficient (Wildman–Crippen LogP) is 1.26. The van der Waals surface area contributed by atoms with E-state index >= 15 is 0 Å². The molecule has 0 saturated carbocycles. The van der Waals surface area contributed by atoms with Gasteiger partial charge in [-0.15, -0.1) is 0 Å². The Kier molecular flexibility index (Phi) is 5.60. The summed E-state index contributed by atoms with van der Waals surface area (Å²) in [5.74, 6) is -1.54. The van der Waals surface area contributed by atoms with Crippen LogP contribution >= 0.6 is 0 Å². The first-order valence-electron chi connectivity index (χ1n) is 6.77. The van der Waals surface area contributed by atoms with Crippen LogP contribution in [0.5, 0.6) is 0 Å². The third-order valence-corrected chi connectivity index (χ3v) is 3.88. The first-order chi connectivity index (χ1) is 8.93. The number of hydrogen-bond acceptors (Lipinski definition) is 3. The molecule has 1 aliphatic rings. The van der Waals surface area contributed by atoms with E-state index in [0.29, 0.717) is 6.54 Å². The Balaban J connectivity index is 2.77. The van der Waals surface area contributed by atoms with Crippen LogP contribution in [0.15, 0.2) is 0 Å². The average molecular weight is 272 g/mol. The van der Waals surface area contributed by atoms with Crippen molar-refractivity contribution < 1.29 is 19.4 Å². The molecule has 0 aliphatic carbocycles. The molecule has 0 aromatic carbocycles. The number of carbonyl (C=O) groups excluding carboxylic acids is 1. The highest BCUT2D eigenvalue weighted by molar-refractivity contribution is 5.77. The monoisotopic (exact) mass is 272 g/mol. The molecule has 1 fully saturated rings. The number of likely N-dealkylation sites (N-methyl/N-ethyl adjacent to an activating group) is 1. The summed E-state index contributed by atoms with van der Waals surface area (Å²) in [7, 11) is 1.66. The highest BCUT2D eigenvalue weighted by Crippen LogP contribution is 2.21. The van der Waals surface area contributed by atoms with Crippen LogP contribution in [0.25, 0.3) is 0 Å². The molecular formula is C13H24N2O4. The lowest BCUT2D eigenvalue weighted by Gasteiger charge is -2.35. The standard InChI is InChI=1S/C13H24N2O4/c1-5-9(3)15(6-2)13(18)14(4)11-8-19-7-10(11)12(16)17/h9-11H,5-8H2,1-4H3,(H,16,17). The summed E-state index contributed by atoms with van der Waals surface area (Å²) in [5.41, 5.74) is 0. The van der Waals surface area contributed by atoms with Crippen LogP contribution < -0.4 is 0 Å². The number of carboxylic acid groups (broad SMARTS) is 1. The molecule has 6 nitrogen and oxygen atoms in total. The van der Waals surface area contributed by atoms with Gasteiger partial charge in [0.15, 0.2) is 0 Å². The van der Waals surface area contributed by atoms with Crippen LogP contribution in [0.4, 0.5) is 4.79 Å². The molecule has 1 rings (SSSR count). The van der Waals surface area contributed by atoms with E-state index in [1.807, 2.05) is 20.8 Å². The number of ether oxygens (including phenoxy) is 1. The van der Waals surface area contributed by atoms with Gasteiger partial charge in [-0.1, -0.05) is 6.92 Å². The Bertz CT molecular complexity index is 335. The second-order valence-corrected chi connectivity index (χ2v) is 4.99. The van der Waals surface area contributed by atoms with Crippen LogP contribution in [0.3, 0.4) is 0 Å². The van der Waals surface area contributed by atoms with Gasteiger partial charge >= 0.3 is 12.0 Å². The number of carbonyl (C=O) groups is 2. The van der Waals surface area contributed by atoms with Crippen molar-refractivity contribution in [2.45, 2.75) is 39.3 Å². The zero-order valence-electron chi connectivity index (χ0n) is 12.1. The second-order valence-electron chi connectivity index (χ2n) is 4.99. The van der Waals surface area contributed by atoms with Crippen molar-refractivity contribution in [2.75, 3.05) is 26.8 Å². The Hall–Kier alpha value is -1.30. The van der Waals surface area contributed by atoms with Crippen LogP contribution in [0, 0.1) is 5.92 Å². The molecule has 1 N–H and O–H groups in total. The quantitative estimate of drug-likeness (QED) is 0.818. The van der Waals surface area contributed by atoms with E-state index in [-0.39, 0.29) is 31.3 Å². The SMILES string of the molecule is CCC(C)N(CC)C(=O)N(C)C1COCC1C(=O)O. The smallest absolute Gasteiger partial charge is 0.320 e. The maximum atomic E-state index is 12.4. The summed E-state index contributed by atoms with van der Waals surface area (Å²) in [6, 6.07) is -0.368. The summed E-state index contributed by atoms with van der Waals surface area (Å²) >= 11 is 0. The van der Waals surface area contributed by atoms with E-state index in [1.165, 1.54) is 4.90 Å². The zero-order valence-corrected chi connectivity index (χ0v) is 12.1. The average Bonchev–Trinajstić information content (AvgIpc) is 2.87. The van der Waals surface area contributed by atoms with Crippen LogP contribution in [0.1, 0.15) is 27.2 Å². The number of carboxylic acids is 1. The topological polar surface area (TPSA) is 70.1 Å². The van der Waals surface area contributed by atoms with Gasteiger partial charge in [0.25, 0.3) is 0 Å². The molecule has 0 bridgehead atoms. The summed E-state index contributed by atoms with van der Waals surface area (Å²) in [6.07, 6.45) is 0.872. The summed E-state index contributed by atoms with van der Waals surface area (Å²) in [6.45, 7) is 7.03. The molecule has 0 radical (unpaired) electrons. The van der Waals surface area contributed by atoms with Gasteiger partial charge in [-0.3, -0.25) is 4.79 Å². The van der Waals surface area contributed by atoms with Gasteiger partial charge in [-0.2, -0.15) is 0 Å². The zero-order chi connectivity index (χ0) is 14.6. The van der Waals surface area contributed by atoms with Gasteiger partial charge in [0.1, 0.15) is 5.92 Å². The predicted molar refractivity (Wildman–Crippen MR) is 71.0 cm³/mol. The van der Waals surface area contributed by atoms with Crippen molar-refractivity contribution in [3.8, 4) is 0 Å². The summed E-state index contributed by atoms with van der Waals surface area (Å²) in [5, 5.41) is 9.13. The normalized spacial score (nSPS) is 24.0. The summed E-state index contributed by atoms with van der Waals surface area (Å²) < 4.78 is 5.21. The Morgan fingerprint density at radius 2 is 2.00 bits per heavy atom. The van der Waals surface area contributed by atoms with E-state index in [4.69, 9.17) is 9.84 Å². The number of aliphatic carboxylic acids is 1. The number of rotatable bonds is 5. The van der Waals surface area contributed by atoms with Crippen molar-refractivity contribution >= 4 is 12.0 Å². The first-order valence-corrected chi connectivity index (χ1v) is 6.77. The molecule has 1 saturated heterocycles. The van der Waals surface area contributed by atoms with Gasteiger partial charge in [0, 0.05) is 19.6 Å². The molecule has 0 aromatic heterocycles. The third kappa shape index (κ3) is 3.37. The Morgan fingerprint density at radius 3 is 2.47 bits per heavy atom. The van der Waals surface area contributed by atoms with E-state index in [0.717, 1.165) is 6.42 Å². The van der Waals surface area contributed by atoms with Crippen LogP contribution in [-0.2, 0) is 9.53 Å². The molecule has 0 aromatic rings. The van der Waals surface area contributed by atoms with Crippen molar-refractivity contribution in [1.29, 1.82) is 0 Å². The number of urea groups is 1. The minimum atomic E-state index is -0.909. The largest absolute Gasteiger partial charge is 0.481 e. The maximum Gasteiger partial charge on any atom is 0.320 e. The van der Waals surface area contributed by atoms with Gasteiger partial charge in [-0.05, 0) is 20.3 Å². The van der Waals surface area contributed by atoms with Gasteiger partial charge < -0.3 is 19.6 Å². The molecule has 3 atom stereocenters. The van der Waals surface area contributed by atoms with Gasteiger partial charge in [-0.25, -0.2) is 4.79 Å². The van der Waals surface area contributed by atoms with Crippen molar-refractivity contribution in [3.63, 3.8) is 0 Å². The lowest BCUT2D eigenvalue weighted by molar-refractivity contribution is -0.142. The fourth-order valence-corrected chi connectivity index (χ4v) is 2.36. The fraction of sp³-hybridized carbons (Fsp3) is 0.846. The molecule has 3 unspecified atom stereocenters. The fourth-order valence-electron chi connectivity index (χ4n) is 2.36. The molecule has 1 aliphatic heterocycles. The minimum absolute atomic E-state index is 0.126. The number of nitrogens with zero attached hydrogens (tertiary/aromatic N) is 2. The van der Waals surface area contributed by atoms with Gasteiger partial charge in [0.05, 0.1) is 19.3 Å². The number of amides is 2. The molecular weight excluding hydrogens is 248 g/mol. The third-order valence-electron chi connectivity index (χ3n) is 3.88. The van der Waals surface area contributed by atoms with Crippen LogP contribution in [-0.4, -0.2) is 65.8 Å². The van der Waals surface area contributed by atoms with Crippen molar-refractivity contribution in [3.05, 3.63) is 0 Å². The van der Waals surface area contributed by atoms with Crippen molar-refractivity contribution in [1.82, 2.24) is 9.80 Å². The lowest BCUT2D eigenvalue weighted by Crippen LogP contribution is -2.52. The van der Waals surface area contributed by atoms with E-state index in [2.05, 4.69) is 0 Å². The second kappa shape index (κ2) is 6.75. The highest BCUT2D eigenvalue weighted by atomic mass is 16.5. The molecule has 2 amide bonds. The van der Waals surface area contributed by atoms with E-state index in [9.17, 15) is 9.59 Å². The molecule has 110 valence electrons. The molecule has 1 heterocycles. The molecule has 0 spiro atoms. The highest BCUT2D eigenvalue weighted by Gasteiger charge is 2.39. The van der Waals surface area contributed by atoms with E-state index in [1.54, 1.807) is 11.9 Å². The maximum absolute atomic E-state index is 12.4. The van der Waals surface area contributed by atoms with E-state index < -0.39 is 11.9 Å². The van der Waals surface area contributed by atoms with Crippen LogP contribution in [0.2, 0.25) is 0 Å². The van der Waals surface area contributed by atoms with Crippen molar-refractivity contribution in [2.24, 2.45) is 5.92 Å².